The van der Waals surface area contributed by atoms with Crippen LogP contribution in [0.1, 0.15) is 51.3 Å². The summed E-state index contributed by atoms with van der Waals surface area (Å²) in [5.74, 6) is 0.871. The van der Waals surface area contributed by atoms with Crippen molar-refractivity contribution >= 4 is 5.90 Å². The molecule has 0 saturated carbocycles. The molecule has 1 aromatic rings. The van der Waals surface area contributed by atoms with Gasteiger partial charge in [-0.2, -0.15) is 0 Å². The quantitative estimate of drug-likeness (QED) is 0.802. The minimum absolute atomic E-state index is 0.0936. The summed E-state index contributed by atoms with van der Waals surface area (Å²) in [6, 6.07) is 6.68. The summed E-state index contributed by atoms with van der Waals surface area (Å²) in [5, 5.41) is 0. The fourth-order valence-corrected chi connectivity index (χ4v) is 2.64. The average molecular weight is 259 g/mol. The summed E-state index contributed by atoms with van der Waals surface area (Å²) in [7, 11) is 0. The van der Waals surface area contributed by atoms with Gasteiger partial charge in [0.05, 0.1) is 11.0 Å². The maximum atomic E-state index is 5.87. The normalized spacial score (nSPS) is 18.1. The molecule has 0 saturated heterocycles. The molecule has 0 spiro atoms. The molecule has 0 unspecified atom stereocenters. The number of hydrogen-bond acceptors (Lipinski definition) is 2. The molecule has 1 aliphatic rings. The van der Waals surface area contributed by atoms with Gasteiger partial charge in [0.15, 0.2) is 5.90 Å². The van der Waals surface area contributed by atoms with E-state index in [1.165, 1.54) is 16.7 Å². The van der Waals surface area contributed by atoms with Gasteiger partial charge in [-0.05, 0) is 52.2 Å². The van der Waals surface area contributed by atoms with Crippen LogP contribution in [0.5, 0.6) is 0 Å². The molecule has 0 aromatic heterocycles. The van der Waals surface area contributed by atoms with E-state index in [2.05, 4.69) is 59.7 Å². The summed E-state index contributed by atoms with van der Waals surface area (Å²) < 4.78 is 5.87. The highest BCUT2D eigenvalue weighted by Crippen LogP contribution is 2.33. The van der Waals surface area contributed by atoms with Gasteiger partial charge in [-0.3, -0.25) is 0 Å². The van der Waals surface area contributed by atoms with Gasteiger partial charge in [0.2, 0.25) is 0 Å². The van der Waals surface area contributed by atoms with Crippen LogP contribution in [0.4, 0.5) is 0 Å². The standard InChI is InChI=1S/C17H25NO/c1-7-13-10-12(2)8-9-14(13)17(5,6)15-18-16(3,4)11-19-15/h8-10H,7,11H2,1-6H3. The largest absolute Gasteiger partial charge is 0.478 e. The summed E-state index contributed by atoms with van der Waals surface area (Å²) in [4.78, 5) is 4.76. The summed E-state index contributed by atoms with van der Waals surface area (Å²) in [5.41, 5.74) is 3.78. The van der Waals surface area contributed by atoms with Gasteiger partial charge in [-0.1, -0.05) is 30.7 Å². The topological polar surface area (TPSA) is 21.6 Å². The Bertz CT molecular complexity index is 512. The molecular weight excluding hydrogens is 234 g/mol. The summed E-state index contributed by atoms with van der Waals surface area (Å²) >= 11 is 0. The van der Waals surface area contributed by atoms with E-state index in [9.17, 15) is 0 Å². The highest BCUT2D eigenvalue weighted by atomic mass is 16.5. The van der Waals surface area contributed by atoms with E-state index in [0.29, 0.717) is 6.61 Å². The molecule has 1 aromatic carbocycles. The molecular formula is C17H25NO. The van der Waals surface area contributed by atoms with E-state index in [1.807, 2.05) is 0 Å². The molecule has 0 atom stereocenters. The van der Waals surface area contributed by atoms with Crippen LogP contribution in [-0.4, -0.2) is 18.0 Å². The Morgan fingerprint density at radius 3 is 2.53 bits per heavy atom. The highest BCUT2D eigenvalue weighted by molar-refractivity contribution is 5.89. The number of nitrogens with zero attached hydrogens (tertiary/aromatic N) is 1. The minimum atomic E-state index is -0.160. The van der Waals surface area contributed by atoms with Crippen LogP contribution < -0.4 is 0 Å². The van der Waals surface area contributed by atoms with Crippen molar-refractivity contribution in [2.45, 2.75) is 58.9 Å². The first kappa shape index (κ1) is 14.1. The monoisotopic (exact) mass is 259 g/mol. The lowest BCUT2D eigenvalue weighted by atomic mass is 9.80. The lowest BCUT2D eigenvalue weighted by Crippen LogP contribution is -2.30. The predicted octanol–water partition coefficient (Wildman–Crippen LogP) is 4.04. The zero-order chi connectivity index (χ0) is 14.3. The van der Waals surface area contributed by atoms with Crippen LogP contribution in [0.3, 0.4) is 0 Å². The molecule has 1 heterocycles. The average Bonchev–Trinajstić information content (AvgIpc) is 2.69. The molecule has 104 valence electrons. The van der Waals surface area contributed by atoms with E-state index in [0.717, 1.165) is 12.3 Å². The van der Waals surface area contributed by atoms with Crippen LogP contribution in [0.2, 0.25) is 0 Å². The first-order valence-corrected chi connectivity index (χ1v) is 7.09. The number of ether oxygens (including phenoxy) is 1. The SMILES string of the molecule is CCc1cc(C)ccc1C(C)(C)C1=NC(C)(C)CO1. The zero-order valence-corrected chi connectivity index (χ0v) is 13.0. The molecule has 0 fully saturated rings. The highest BCUT2D eigenvalue weighted by Gasteiger charge is 2.37. The molecule has 0 N–H and O–H groups in total. The van der Waals surface area contributed by atoms with Crippen molar-refractivity contribution in [2.75, 3.05) is 6.61 Å². The van der Waals surface area contributed by atoms with E-state index < -0.39 is 0 Å². The number of hydrogen-bond donors (Lipinski definition) is 0. The number of aryl methyl sites for hydroxylation is 2. The van der Waals surface area contributed by atoms with Crippen molar-refractivity contribution in [2.24, 2.45) is 4.99 Å². The third-order valence-electron chi connectivity index (χ3n) is 3.82. The lowest BCUT2D eigenvalue weighted by Gasteiger charge is -2.27. The molecule has 2 heteroatoms. The second-order valence-electron chi connectivity index (χ2n) is 6.66. The van der Waals surface area contributed by atoms with Gasteiger partial charge < -0.3 is 4.74 Å². The predicted molar refractivity (Wildman–Crippen MR) is 81.0 cm³/mol. The van der Waals surface area contributed by atoms with Crippen molar-refractivity contribution in [1.82, 2.24) is 0 Å². The third kappa shape index (κ3) is 2.68. The first-order valence-electron chi connectivity index (χ1n) is 7.09. The van der Waals surface area contributed by atoms with Crippen LogP contribution in [-0.2, 0) is 16.6 Å². The van der Waals surface area contributed by atoms with Gasteiger partial charge in [0.1, 0.15) is 6.61 Å². The maximum Gasteiger partial charge on any atom is 0.194 e. The lowest BCUT2D eigenvalue weighted by molar-refractivity contribution is 0.263. The van der Waals surface area contributed by atoms with E-state index in [4.69, 9.17) is 9.73 Å². The van der Waals surface area contributed by atoms with Gasteiger partial charge in [0, 0.05) is 0 Å². The minimum Gasteiger partial charge on any atom is -0.478 e. The molecule has 0 amide bonds. The van der Waals surface area contributed by atoms with Crippen molar-refractivity contribution in [1.29, 1.82) is 0 Å². The molecule has 0 bridgehead atoms. The van der Waals surface area contributed by atoms with Crippen molar-refractivity contribution in [3.8, 4) is 0 Å². The van der Waals surface area contributed by atoms with Gasteiger partial charge in [-0.25, -0.2) is 4.99 Å². The summed E-state index contributed by atoms with van der Waals surface area (Å²) in [6.07, 6.45) is 1.04. The Labute approximate surface area is 116 Å². The third-order valence-corrected chi connectivity index (χ3v) is 3.82. The van der Waals surface area contributed by atoms with Crippen molar-refractivity contribution in [3.63, 3.8) is 0 Å². The fourth-order valence-electron chi connectivity index (χ4n) is 2.64. The smallest absolute Gasteiger partial charge is 0.194 e. The van der Waals surface area contributed by atoms with E-state index in [1.54, 1.807) is 0 Å². The number of benzene rings is 1. The molecule has 2 rings (SSSR count). The summed E-state index contributed by atoms with van der Waals surface area (Å²) in [6.45, 7) is 13.7. The Morgan fingerprint density at radius 1 is 1.32 bits per heavy atom. The molecule has 1 aliphatic heterocycles. The van der Waals surface area contributed by atoms with Crippen LogP contribution >= 0.6 is 0 Å². The second kappa shape index (κ2) is 4.66. The molecule has 19 heavy (non-hydrogen) atoms. The van der Waals surface area contributed by atoms with E-state index in [-0.39, 0.29) is 11.0 Å². The van der Waals surface area contributed by atoms with Crippen LogP contribution in [0, 0.1) is 6.92 Å². The van der Waals surface area contributed by atoms with Crippen molar-refractivity contribution < 1.29 is 4.74 Å². The van der Waals surface area contributed by atoms with Gasteiger partial charge >= 0.3 is 0 Å². The molecule has 0 aliphatic carbocycles. The van der Waals surface area contributed by atoms with Crippen molar-refractivity contribution in [3.05, 3.63) is 34.9 Å². The molecule has 0 radical (unpaired) electrons. The molecule has 2 nitrogen and oxygen atoms in total. The van der Waals surface area contributed by atoms with Crippen LogP contribution in [0.25, 0.3) is 0 Å². The van der Waals surface area contributed by atoms with Crippen LogP contribution in [0.15, 0.2) is 23.2 Å². The zero-order valence-electron chi connectivity index (χ0n) is 13.0. The Kier molecular flexibility index (Phi) is 3.46. The number of rotatable bonds is 3. The van der Waals surface area contributed by atoms with Gasteiger partial charge in [-0.15, -0.1) is 0 Å². The Balaban J connectivity index is 2.45. The first-order chi connectivity index (χ1) is 8.76. The fraction of sp³-hybridized carbons (Fsp3) is 0.588. The Morgan fingerprint density at radius 2 is 2.00 bits per heavy atom. The van der Waals surface area contributed by atoms with E-state index >= 15 is 0 Å². The maximum absolute atomic E-state index is 5.87. The van der Waals surface area contributed by atoms with Gasteiger partial charge in [0.25, 0.3) is 0 Å². The number of aliphatic imine (C=N–C) groups is 1. The second-order valence-corrected chi connectivity index (χ2v) is 6.66. The Hall–Kier alpha value is -1.31.